The van der Waals surface area contributed by atoms with Gasteiger partial charge in [0.25, 0.3) is 0 Å². The summed E-state index contributed by atoms with van der Waals surface area (Å²) in [5.41, 5.74) is 0.413. The molecular formula is C15H19FO3. The molecule has 0 aromatic heterocycles. The number of ether oxygens (including phenoxy) is 1. The average molecular weight is 266 g/mol. The zero-order chi connectivity index (χ0) is 14.3. The molecule has 1 aromatic carbocycles. The third-order valence-corrected chi connectivity index (χ3v) is 2.68. The Morgan fingerprint density at radius 1 is 1.16 bits per heavy atom. The van der Waals surface area contributed by atoms with Crippen LogP contribution in [0.5, 0.6) is 0 Å². The highest BCUT2D eigenvalue weighted by Gasteiger charge is 2.10. The zero-order valence-corrected chi connectivity index (χ0v) is 11.3. The molecule has 0 saturated carbocycles. The van der Waals surface area contributed by atoms with Crippen LogP contribution in [-0.2, 0) is 9.53 Å². The van der Waals surface area contributed by atoms with Gasteiger partial charge in [-0.3, -0.25) is 9.59 Å². The van der Waals surface area contributed by atoms with Crippen LogP contribution in [0.4, 0.5) is 4.39 Å². The van der Waals surface area contributed by atoms with Crippen LogP contribution < -0.4 is 0 Å². The quantitative estimate of drug-likeness (QED) is 0.561. The highest BCUT2D eigenvalue weighted by atomic mass is 19.1. The van der Waals surface area contributed by atoms with Gasteiger partial charge in [0.1, 0.15) is 5.82 Å². The number of halogens is 1. The predicted octanol–water partition coefficient (Wildman–Crippen LogP) is 3.38. The molecule has 4 heteroatoms. The van der Waals surface area contributed by atoms with E-state index in [2.05, 4.69) is 0 Å². The summed E-state index contributed by atoms with van der Waals surface area (Å²) in [4.78, 5) is 23.1. The first kappa shape index (κ1) is 15.3. The second-order valence-corrected chi connectivity index (χ2v) is 4.83. The van der Waals surface area contributed by atoms with Crippen molar-refractivity contribution in [3.05, 3.63) is 35.6 Å². The van der Waals surface area contributed by atoms with Crippen molar-refractivity contribution in [2.24, 2.45) is 5.92 Å². The molecule has 3 nitrogen and oxygen atoms in total. The molecule has 0 heterocycles. The monoisotopic (exact) mass is 266 g/mol. The number of hydrogen-bond donors (Lipinski definition) is 0. The smallest absolute Gasteiger partial charge is 0.306 e. The molecule has 0 fully saturated rings. The topological polar surface area (TPSA) is 43.4 Å². The summed E-state index contributed by atoms with van der Waals surface area (Å²) in [6.45, 7) is 4.49. The summed E-state index contributed by atoms with van der Waals surface area (Å²) in [5, 5.41) is 0. The van der Waals surface area contributed by atoms with Crippen molar-refractivity contribution in [2.75, 3.05) is 6.61 Å². The first-order valence-electron chi connectivity index (χ1n) is 6.43. The predicted molar refractivity (Wildman–Crippen MR) is 70.4 cm³/mol. The minimum atomic E-state index is -0.385. The van der Waals surface area contributed by atoms with Crippen molar-refractivity contribution in [3.63, 3.8) is 0 Å². The number of rotatable bonds is 7. The van der Waals surface area contributed by atoms with Gasteiger partial charge in [-0.2, -0.15) is 0 Å². The van der Waals surface area contributed by atoms with Crippen molar-refractivity contribution in [1.82, 2.24) is 0 Å². The fourth-order valence-electron chi connectivity index (χ4n) is 1.48. The van der Waals surface area contributed by atoms with Gasteiger partial charge in [0.2, 0.25) is 0 Å². The van der Waals surface area contributed by atoms with Gasteiger partial charge < -0.3 is 4.74 Å². The highest BCUT2D eigenvalue weighted by molar-refractivity contribution is 5.97. The van der Waals surface area contributed by atoms with E-state index in [1.807, 2.05) is 13.8 Å². The lowest BCUT2D eigenvalue weighted by Gasteiger charge is -2.06. The van der Waals surface area contributed by atoms with E-state index in [1.54, 1.807) is 0 Å². The van der Waals surface area contributed by atoms with Crippen LogP contribution in [0.1, 0.15) is 43.5 Å². The van der Waals surface area contributed by atoms with Gasteiger partial charge in [-0.05, 0) is 36.6 Å². The standard InChI is InChI=1S/C15H19FO3/c1-11(2)9-10-19-15(18)8-7-14(17)12-3-5-13(16)6-4-12/h3-6,11H,7-10H2,1-2H3. The van der Waals surface area contributed by atoms with Crippen LogP contribution in [0.3, 0.4) is 0 Å². The van der Waals surface area contributed by atoms with Crippen molar-refractivity contribution in [2.45, 2.75) is 33.1 Å². The molecule has 0 spiro atoms. The van der Waals surface area contributed by atoms with Crippen LogP contribution in [0.25, 0.3) is 0 Å². The SMILES string of the molecule is CC(C)CCOC(=O)CCC(=O)c1ccc(F)cc1. The van der Waals surface area contributed by atoms with E-state index in [0.717, 1.165) is 6.42 Å². The first-order valence-corrected chi connectivity index (χ1v) is 6.43. The first-order chi connectivity index (χ1) is 8.99. The molecule has 1 rings (SSSR count). The van der Waals surface area contributed by atoms with E-state index in [4.69, 9.17) is 4.74 Å². The average Bonchev–Trinajstić information content (AvgIpc) is 2.36. The lowest BCUT2D eigenvalue weighted by molar-refractivity contribution is -0.143. The molecule has 0 radical (unpaired) electrons. The van der Waals surface area contributed by atoms with Crippen LogP contribution in [0.2, 0.25) is 0 Å². The fraction of sp³-hybridized carbons (Fsp3) is 0.467. The molecule has 0 bridgehead atoms. The number of esters is 1. The van der Waals surface area contributed by atoms with Gasteiger partial charge in [0.05, 0.1) is 13.0 Å². The normalized spacial score (nSPS) is 10.5. The third kappa shape index (κ3) is 6.13. The third-order valence-electron chi connectivity index (χ3n) is 2.68. The van der Waals surface area contributed by atoms with E-state index in [0.29, 0.717) is 18.1 Å². The number of ketones is 1. The summed E-state index contributed by atoms with van der Waals surface area (Å²) in [5.74, 6) is -0.449. The zero-order valence-electron chi connectivity index (χ0n) is 11.3. The van der Waals surface area contributed by atoms with Gasteiger partial charge in [-0.25, -0.2) is 4.39 Å². The summed E-state index contributed by atoms with van der Waals surface area (Å²) in [7, 11) is 0. The number of carbonyl (C=O) groups is 2. The van der Waals surface area contributed by atoms with Gasteiger partial charge in [0.15, 0.2) is 5.78 Å². The van der Waals surface area contributed by atoms with E-state index in [-0.39, 0.29) is 30.4 Å². The van der Waals surface area contributed by atoms with E-state index < -0.39 is 0 Å². The lowest BCUT2D eigenvalue weighted by Crippen LogP contribution is -2.10. The Balaban J connectivity index is 2.30. The van der Waals surface area contributed by atoms with E-state index in [9.17, 15) is 14.0 Å². The Morgan fingerprint density at radius 3 is 2.37 bits per heavy atom. The van der Waals surface area contributed by atoms with Crippen molar-refractivity contribution < 1.29 is 18.7 Å². The summed E-state index contributed by atoms with van der Waals surface area (Å²) < 4.78 is 17.7. The van der Waals surface area contributed by atoms with Crippen LogP contribution in [0, 0.1) is 11.7 Å². The summed E-state index contributed by atoms with van der Waals surface area (Å²) in [6, 6.07) is 5.30. The maximum absolute atomic E-state index is 12.7. The second kappa shape index (κ2) is 7.67. The fourth-order valence-corrected chi connectivity index (χ4v) is 1.48. The molecule has 0 atom stereocenters. The van der Waals surface area contributed by atoms with Crippen LogP contribution in [-0.4, -0.2) is 18.4 Å². The Morgan fingerprint density at radius 2 is 1.79 bits per heavy atom. The van der Waals surface area contributed by atoms with Crippen LogP contribution in [0.15, 0.2) is 24.3 Å². The van der Waals surface area contributed by atoms with Crippen molar-refractivity contribution in [1.29, 1.82) is 0 Å². The second-order valence-electron chi connectivity index (χ2n) is 4.83. The molecule has 0 aliphatic rings. The van der Waals surface area contributed by atoms with Gasteiger partial charge >= 0.3 is 5.97 Å². The van der Waals surface area contributed by atoms with Gasteiger partial charge in [0, 0.05) is 12.0 Å². The summed E-state index contributed by atoms with van der Waals surface area (Å²) in [6.07, 6.45) is 0.970. The Bertz CT molecular complexity index is 424. The Kier molecular flexibility index (Phi) is 6.19. The highest BCUT2D eigenvalue weighted by Crippen LogP contribution is 2.08. The van der Waals surface area contributed by atoms with E-state index >= 15 is 0 Å². The number of carbonyl (C=O) groups excluding carboxylic acids is 2. The van der Waals surface area contributed by atoms with Gasteiger partial charge in [-0.15, -0.1) is 0 Å². The van der Waals surface area contributed by atoms with E-state index in [1.165, 1.54) is 24.3 Å². The molecule has 0 N–H and O–H groups in total. The molecule has 0 saturated heterocycles. The molecule has 0 unspecified atom stereocenters. The Hall–Kier alpha value is -1.71. The van der Waals surface area contributed by atoms with Crippen LogP contribution >= 0.6 is 0 Å². The van der Waals surface area contributed by atoms with Gasteiger partial charge in [-0.1, -0.05) is 13.8 Å². The minimum absolute atomic E-state index is 0.0638. The minimum Gasteiger partial charge on any atom is -0.466 e. The number of Topliss-reactive ketones (excluding diaryl/α,β-unsaturated/α-hetero) is 1. The lowest BCUT2D eigenvalue weighted by atomic mass is 10.1. The number of benzene rings is 1. The van der Waals surface area contributed by atoms with Crippen molar-refractivity contribution >= 4 is 11.8 Å². The maximum atomic E-state index is 12.7. The molecule has 1 aromatic rings. The molecule has 0 amide bonds. The number of hydrogen-bond acceptors (Lipinski definition) is 3. The Labute approximate surface area is 112 Å². The molecule has 0 aliphatic heterocycles. The molecule has 0 aliphatic carbocycles. The molecule has 104 valence electrons. The van der Waals surface area contributed by atoms with Crippen molar-refractivity contribution in [3.8, 4) is 0 Å². The summed E-state index contributed by atoms with van der Waals surface area (Å²) >= 11 is 0. The molecular weight excluding hydrogens is 247 g/mol. The largest absolute Gasteiger partial charge is 0.466 e. The molecule has 19 heavy (non-hydrogen) atoms. The maximum Gasteiger partial charge on any atom is 0.306 e.